The first kappa shape index (κ1) is 12.7. The van der Waals surface area contributed by atoms with Crippen molar-refractivity contribution in [3.05, 3.63) is 29.8 Å². The van der Waals surface area contributed by atoms with Crippen LogP contribution in [0.15, 0.2) is 29.4 Å². The molecule has 0 spiro atoms. The Morgan fingerprint density at radius 3 is 2.56 bits per heavy atom. The van der Waals surface area contributed by atoms with Gasteiger partial charge in [0, 0.05) is 23.8 Å². The molecule has 1 aliphatic rings. The molecule has 2 rings (SSSR count). The molecule has 0 aromatic heterocycles. The summed E-state index contributed by atoms with van der Waals surface area (Å²) in [6.07, 6.45) is 5.03. The molecule has 18 heavy (non-hydrogen) atoms. The van der Waals surface area contributed by atoms with Gasteiger partial charge in [0.25, 0.3) is 0 Å². The van der Waals surface area contributed by atoms with E-state index in [1.807, 2.05) is 12.1 Å². The van der Waals surface area contributed by atoms with Crippen LogP contribution in [0.3, 0.4) is 0 Å². The zero-order valence-electron chi connectivity index (χ0n) is 10.8. The number of anilines is 1. The van der Waals surface area contributed by atoms with Crippen molar-refractivity contribution in [3.8, 4) is 0 Å². The molecule has 0 unspecified atom stereocenters. The molecular weight excluding hydrogens is 226 g/mol. The third-order valence-corrected chi connectivity index (χ3v) is 3.34. The standard InChI is InChI=1S/C14H21N3O/c1-2-3-10-17(13-8-9-13)12-6-4-11(5-7-12)14(15)16-18/h4-7,13,18H,2-3,8-10H2,1H3,(H2,15,16). The van der Waals surface area contributed by atoms with Gasteiger partial charge in [-0.05, 0) is 43.5 Å². The van der Waals surface area contributed by atoms with Crippen LogP contribution in [0.5, 0.6) is 0 Å². The lowest BCUT2D eigenvalue weighted by Crippen LogP contribution is -2.26. The Bertz CT molecular complexity index is 410. The number of hydrogen-bond acceptors (Lipinski definition) is 3. The quantitative estimate of drug-likeness (QED) is 0.351. The number of oxime groups is 1. The summed E-state index contributed by atoms with van der Waals surface area (Å²) in [6.45, 7) is 3.33. The molecule has 0 bridgehead atoms. The molecule has 98 valence electrons. The highest BCUT2D eigenvalue weighted by Crippen LogP contribution is 2.31. The van der Waals surface area contributed by atoms with Crippen molar-refractivity contribution in [1.29, 1.82) is 0 Å². The topological polar surface area (TPSA) is 61.8 Å². The summed E-state index contributed by atoms with van der Waals surface area (Å²) >= 11 is 0. The third-order valence-electron chi connectivity index (χ3n) is 3.34. The van der Waals surface area contributed by atoms with Crippen LogP contribution in [0.1, 0.15) is 38.2 Å². The van der Waals surface area contributed by atoms with Crippen LogP contribution < -0.4 is 10.6 Å². The van der Waals surface area contributed by atoms with Gasteiger partial charge in [0.05, 0.1) is 0 Å². The van der Waals surface area contributed by atoms with E-state index in [-0.39, 0.29) is 5.84 Å². The maximum absolute atomic E-state index is 8.63. The van der Waals surface area contributed by atoms with Gasteiger partial charge >= 0.3 is 0 Å². The Balaban J connectivity index is 2.10. The fourth-order valence-corrected chi connectivity index (χ4v) is 2.12. The molecule has 1 saturated carbocycles. The highest BCUT2D eigenvalue weighted by Gasteiger charge is 2.28. The van der Waals surface area contributed by atoms with Crippen LogP contribution in [0.4, 0.5) is 5.69 Å². The van der Waals surface area contributed by atoms with Crippen molar-refractivity contribution in [1.82, 2.24) is 0 Å². The Hall–Kier alpha value is -1.71. The van der Waals surface area contributed by atoms with Crippen molar-refractivity contribution in [2.45, 2.75) is 38.6 Å². The summed E-state index contributed by atoms with van der Waals surface area (Å²) in [5.41, 5.74) is 7.55. The number of amidine groups is 1. The summed E-state index contributed by atoms with van der Waals surface area (Å²) in [4.78, 5) is 2.47. The zero-order valence-corrected chi connectivity index (χ0v) is 10.8. The number of rotatable bonds is 6. The molecule has 4 heteroatoms. The first-order valence-electron chi connectivity index (χ1n) is 6.61. The Kier molecular flexibility index (Phi) is 4.07. The average molecular weight is 247 g/mol. The number of nitrogens with zero attached hydrogens (tertiary/aromatic N) is 2. The van der Waals surface area contributed by atoms with E-state index in [1.165, 1.54) is 31.4 Å². The van der Waals surface area contributed by atoms with Crippen LogP contribution in [0.25, 0.3) is 0 Å². The number of hydrogen-bond donors (Lipinski definition) is 2. The van der Waals surface area contributed by atoms with E-state index in [2.05, 4.69) is 29.1 Å². The highest BCUT2D eigenvalue weighted by molar-refractivity contribution is 5.97. The molecule has 4 nitrogen and oxygen atoms in total. The Labute approximate surface area is 108 Å². The van der Waals surface area contributed by atoms with Crippen LogP contribution in [0.2, 0.25) is 0 Å². The molecule has 0 amide bonds. The van der Waals surface area contributed by atoms with E-state index in [0.29, 0.717) is 6.04 Å². The van der Waals surface area contributed by atoms with Gasteiger partial charge in [0.2, 0.25) is 0 Å². The van der Waals surface area contributed by atoms with Crippen molar-refractivity contribution >= 4 is 11.5 Å². The average Bonchev–Trinajstić information content (AvgIpc) is 3.24. The minimum atomic E-state index is 0.160. The molecule has 0 atom stereocenters. The lowest BCUT2D eigenvalue weighted by molar-refractivity contribution is 0.318. The Morgan fingerprint density at radius 1 is 1.39 bits per heavy atom. The van der Waals surface area contributed by atoms with Crippen LogP contribution in [-0.2, 0) is 0 Å². The van der Waals surface area contributed by atoms with Crippen molar-refractivity contribution < 1.29 is 5.21 Å². The SMILES string of the molecule is CCCCN(c1ccc(/C(N)=N/O)cc1)C1CC1. The second-order valence-electron chi connectivity index (χ2n) is 4.81. The monoisotopic (exact) mass is 247 g/mol. The van der Waals surface area contributed by atoms with E-state index < -0.39 is 0 Å². The molecule has 1 aromatic rings. The lowest BCUT2D eigenvalue weighted by atomic mass is 10.1. The fourth-order valence-electron chi connectivity index (χ4n) is 2.12. The highest BCUT2D eigenvalue weighted by atomic mass is 16.4. The van der Waals surface area contributed by atoms with Gasteiger partial charge in [-0.1, -0.05) is 18.5 Å². The predicted molar refractivity (Wildman–Crippen MR) is 74.2 cm³/mol. The first-order valence-corrected chi connectivity index (χ1v) is 6.61. The maximum Gasteiger partial charge on any atom is 0.170 e. The van der Waals surface area contributed by atoms with Crippen molar-refractivity contribution in [2.24, 2.45) is 10.9 Å². The molecule has 0 heterocycles. The van der Waals surface area contributed by atoms with Crippen LogP contribution in [-0.4, -0.2) is 23.6 Å². The maximum atomic E-state index is 8.63. The van der Waals surface area contributed by atoms with Gasteiger partial charge in [-0.25, -0.2) is 0 Å². The van der Waals surface area contributed by atoms with Crippen LogP contribution in [0, 0.1) is 0 Å². The summed E-state index contributed by atoms with van der Waals surface area (Å²) in [7, 11) is 0. The third kappa shape index (κ3) is 2.94. The Morgan fingerprint density at radius 2 is 2.06 bits per heavy atom. The predicted octanol–water partition coefficient (Wildman–Crippen LogP) is 2.55. The first-order chi connectivity index (χ1) is 8.76. The van der Waals surface area contributed by atoms with Crippen molar-refractivity contribution in [2.75, 3.05) is 11.4 Å². The summed E-state index contributed by atoms with van der Waals surface area (Å²) in [6, 6.07) is 8.64. The van der Waals surface area contributed by atoms with Gasteiger partial charge in [0.15, 0.2) is 5.84 Å². The summed E-state index contributed by atoms with van der Waals surface area (Å²) in [5.74, 6) is 0.160. The van der Waals surface area contributed by atoms with E-state index in [0.717, 1.165) is 12.1 Å². The van der Waals surface area contributed by atoms with E-state index >= 15 is 0 Å². The number of benzene rings is 1. The molecule has 0 radical (unpaired) electrons. The van der Waals surface area contributed by atoms with E-state index in [9.17, 15) is 0 Å². The molecular formula is C14H21N3O. The molecule has 0 aliphatic heterocycles. The molecule has 1 aliphatic carbocycles. The molecule has 1 fully saturated rings. The van der Waals surface area contributed by atoms with Gasteiger partial charge in [-0.3, -0.25) is 0 Å². The van der Waals surface area contributed by atoms with Crippen LogP contribution >= 0.6 is 0 Å². The second-order valence-corrected chi connectivity index (χ2v) is 4.81. The summed E-state index contributed by atoms with van der Waals surface area (Å²) < 4.78 is 0. The van der Waals surface area contributed by atoms with E-state index in [4.69, 9.17) is 10.9 Å². The smallest absolute Gasteiger partial charge is 0.170 e. The normalized spacial score (nSPS) is 15.7. The van der Waals surface area contributed by atoms with Gasteiger partial charge < -0.3 is 15.8 Å². The summed E-state index contributed by atoms with van der Waals surface area (Å²) in [5, 5.41) is 11.6. The van der Waals surface area contributed by atoms with E-state index in [1.54, 1.807) is 0 Å². The molecule has 3 N–H and O–H groups in total. The van der Waals surface area contributed by atoms with Crippen molar-refractivity contribution in [3.63, 3.8) is 0 Å². The van der Waals surface area contributed by atoms with Gasteiger partial charge in [-0.2, -0.15) is 0 Å². The molecule has 0 saturated heterocycles. The number of unbranched alkanes of at least 4 members (excludes halogenated alkanes) is 1. The molecule has 1 aromatic carbocycles. The fraction of sp³-hybridized carbons (Fsp3) is 0.500. The zero-order chi connectivity index (χ0) is 13.0. The lowest BCUT2D eigenvalue weighted by Gasteiger charge is -2.24. The minimum absolute atomic E-state index is 0.160. The van der Waals surface area contributed by atoms with Gasteiger partial charge in [-0.15, -0.1) is 0 Å². The number of nitrogens with two attached hydrogens (primary N) is 1. The second kappa shape index (κ2) is 5.76. The minimum Gasteiger partial charge on any atom is -0.409 e. The van der Waals surface area contributed by atoms with Gasteiger partial charge in [0.1, 0.15) is 0 Å². The largest absolute Gasteiger partial charge is 0.409 e.